The van der Waals surface area contributed by atoms with E-state index < -0.39 is 0 Å². The van der Waals surface area contributed by atoms with Gasteiger partial charge >= 0.3 is 0 Å². The van der Waals surface area contributed by atoms with Crippen molar-refractivity contribution in [3.63, 3.8) is 0 Å². The quantitative estimate of drug-likeness (QED) is 0.905. The molecule has 0 bridgehead atoms. The third kappa shape index (κ3) is 3.43. The summed E-state index contributed by atoms with van der Waals surface area (Å²) in [5.74, 6) is 0.321. The second-order valence-corrected chi connectivity index (χ2v) is 5.61. The molecular formula is C17H24N2O2. The zero-order valence-corrected chi connectivity index (χ0v) is 13.1. The molecule has 1 heterocycles. The van der Waals surface area contributed by atoms with Crippen molar-refractivity contribution in [1.29, 1.82) is 0 Å². The van der Waals surface area contributed by atoms with Crippen LogP contribution >= 0.6 is 0 Å². The summed E-state index contributed by atoms with van der Waals surface area (Å²) in [5.41, 5.74) is 3.30. The van der Waals surface area contributed by atoms with Gasteiger partial charge < -0.3 is 10.2 Å². The summed E-state index contributed by atoms with van der Waals surface area (Å²) in [4.78, 5) is 25.3. The summed E-state index contributed by atoms with van der Waals surface area (Å²) in [6.07, 6.45) is 2.64. The Labute approximate surface area is 126 Å². The average Bonchev–Trinajstić information content (AvgIpc) is 2.89. The van der Waals surface area contributed by atoms with E-state index in [0.29, 0.717) is 6.54 Å². The Kier molecular flexibility index (Phi) is 4.99. The van der Waals surface area contributed by atoms with Crippen LogP contribution in [0.5, 0.6) is 0 Å². The van der Waals surface area contributed by atoms with Crippen molar-refractivity contribution in [2.24, 2.45) is 5.92 Å². The zero-order chi connectivity index (χ0) is 15.4. The van der Waals surface area contributed by atoms with E-state index >= 15 is 0 Å². The number of anilines is 1. The van der Waals surface area contributed by atoms with Gasteiger partial charge in [0.1, 0.15) is 0 Å². The van der Waals surface area contributed by atoms with Crippen LogP contribution in [-0.4, -0.2) is 18.4 Å². The molecule has 0 fully saturated rings. The summed E-state index contributed by atoms with van der Waals surface area (Å²) >= 11 is 0. The molecule has 0 aliphatic carbocycles. The highest BCUT2D eigenvalue weighted by molar-refractivity contribution is 5.93. The summed E-state index contributed by atoms with van der Waals surface area (Å²) in [6, 6.07) is 6.08. The maximum atomic E-state index is 12.0. The van der Waals surface area contributed by atoms with Crippen molar-refractivity contribution in [2.75, 3.05) is 11.4 Å². The molecule has 0 spiro atoms. The van der Waals surface area contributed by atoms with Crippen LogP contribution in [0.3, 0.4) is 0 Å². The Morgan fingerprint density at radius 1 is 1.29 bits per heavy atom. The highest BCUT2D eigenvalue weighted by Crippen LogP contribution is 2.28. The summed E-state index contributed by atoms with van der Waals surface area (Å²) in [5, 5.41) is 3.01. The number of nitrogens with one attached hydrogen (secondary N) is 1. The molecule has 1 aliphatic heterocycles. The normalized spacial score (nSPS) is 13.4. The molecule has 21 heavy (non-hydrogen) atoms. The van der Waals surface area contributed by atoms with Gasteiger partial charge in [0.2, 0.25) is 11.8 Å². The summed E-state index contributed by atoms with van der Waals surface area (Å²) < 4.78 is 0. The minimum Gasteiger partial charge on any atom is -0.352 e. The molecule has 0 saturated carbocycles. The van der Waals surface area contributed by atoms with E-state index in [4.69, 9.17) is 0 Å². The number of amides is 2. The highest BCUT2D eigenvalue weighted by Gasteiger charge is 2.22. The topological polar surface area (TPSA) is 49.4 Å². The van der Waals surface area contributed by atoms with Gasteiger partial charge in [0.05, 0.1) is 0 Å². The molecular weight excluding hydrogens is 264 g/mol. The van der Waals surface area contributed by atoms with Crippen LogP contribution in [0.2, 0.25) is 0 Å². The number of fused-ring (bicyclic) bond motifs is 1. The van der Waals surface area contributed by atoms with Crippen molar-refractivity contribution in [1.82, 2.24) is 5.32 Å². The number of hydrogen-bond acceptors (Lipinski definition) is 2. The van der Waals surface area contributed by atoms with Gasteiger partial charge in [0.25, 0.3) is 0 Å². The van der Waals surface area contributed by atoms with Crippen molar-refractivity contribution in [3.8, 4) is 0 Å². The minimum atomic E-state index is 0.0866. The van der Waals surface area contributed by atoms with Crippen LogP contribution in [0, 0.1) is 5.92 Å². The van der Waals surface area contributed by atoms with Gasteiger partial charge in [0.15, 0.2) is 0 Å². The number of benzene rings is 1. The predicted molar refractivity (Wildman–Crippen MR) is 84.1 cm³/mol. The first-order valence-corrected chi connectivity index (χ1v) is 7.74. The summed E-state index contributed by atoms with van der Waals surface area (Å²) in [7, 11) is 0. The SMILES string of the molecule is CCC(CC)C(=O)NCc1ccc2c(c1)CCN2C(C)=O. The van der Waals surface area contributed by atoms with E-state index in [1.165, 1.54) is 5.56 Å². The maximum absolute atomic E-state index is 12.0. The van der Waals surface area contributed by atoms with Gasteiger partial charge in [-0.3, -0.25) is 9.59 Å². The molecule has 2 rings (SSSR count). The van der Waals surface area contributed by atoms with Gasteiger partial charge in [-0.1, -0.05) is 26.0 Å². The number of carbonyl (C=O) groups is 2. The van der Waals surface area contributed by atoms with Gasteiger partial charge in [-0.05, 0) is 36.5 Å². The van der Waals surface area contributed by atoms with Crippen LogP contribution in [-0.2, 0) is 22.6 Å². The van der Waals surface area contributed by atoms with Crippen LogP contribution < -0.4 is 10.2 Å². The Morgan fingerprint density at radius 3 is 2.62 bits per heavy atom. The van der Waals surface area contributed by atoms with Gasteiger partial charge in [-0.25, -0.2) is 0 Å². The molecule has 0 saturated heterocycles. The lowest BCUT2D eigenvalue weighted by Crippen LogP contribution is -2.29. The second kappa shape index (κ2) is 6.74. The van der Waals surface area contributed by atoms with E-state index in [-0.39, 0.29) is 17.7 Å². The molecule has 0 aromatic heterocycles. The molecule has 4 nitrogen and oxygen atoms in total. The number of hydrogen-bond donors (Lipinski definition) is 1. The van der Waals surface area contributed by atoms with Crippen molar-refractivity contribution >= 4 is 17.5 Å². The van der Waals surface area contributed by atoms with Crippen molar-refractivity contribution < 1.29 is 9.59 Å². The molecule has 114 valence electrons. The fourth-order valence-corrected chi connectivity index (χ4v) is 2.89. The van der Waals surface area contributed by atoms with E-state index in [1.807, 2.05) is 30.9 Å². The standard InChI is InChI=1S/C17H24N2O2/c1-4-14(5-2)17(21)18-11-13-6-7-16-15(10-13)8-9-19(16)12(3)20/h6-7,10,14H,4-5,8-9,11H2,1-3H3,(H,18,21). The highest BCUT2D eigenvalue weighted by atomic mass is 16.2. The van der Waals surface area contributed by atoms with Gasteiger partial charge in [0, 0.05) is 31.6 Å². The average molecular weight is 288 g/mol. The molecule has 1 aromatic rings. The Hall–Kier alpha value is -1.84. The third-order valence-corrected chi connectivity index (χ3v) is 4.24. The number of nitrogens with zero attached hydrogens (tertiary/aromatic N) is 1. The molecule has 2 amide bonds. The first-order valence-electron chi connectivity index (χ1n) is 7.74. The van der Waals surface area contributed by atoms with E-state index in [1.54, 1.807) is 6.92 Å². The first-order chi connectivity index (χ1) is 10.1. The third-order valence-electron chi connectivity index (χ3n) is 4.24. The lowest BCUT2D eigenvalue weighted by atomic mass is 10.0. The van der Waals surface area contributed by atoms with Crippen LogP contribution in [0.4, 0.5) is 5.69 Å². The second-order valence-electron chi connectivity index (χ2n) is 5.61. The Bertz CT molecular complexity index is 536. The zero-order valence-electron chi connectivity index (χ0n) is 13.1. The fraction of sp³-hybridized carbons (Fsp3) is 0.529. The van der Waals surface area contributed by atoms with E-state index in [9.17, 15) is 9.59 Å². The predicted octanol–water partition coefficient (Wildman–Crippen LogP) is 2.65. The smallest absolute Gasteiger partial charge is 0.223 e. The van der Waals surface area contributed by atoms with Gasteiger partial charge in [-0.2, -0.15) is 0 Å². The Balaban J connectivity index is 2.01. The fourth-order valence-electron chi connectivity index (χ4n) is 2.89. The van der Waals surface area contributed by atoms with Crippen LogP contribution in [0.25, 0.3) is 0 Å². The van der Waals surface area contributed by atoms with Gasteiger partial charge in [-0.15, -0.1) is 0 Å². The largest absolute Gasteiger partial charge is 0.352 e. The molecule has 0 atom stereocenters. The van der Waals surface area contributed by atoms with E-state index in [0.717, 1.165) is 37.1 Å². The molecule has 1 aromatic carbocycles. The van der Waals surface area contributed by atoms with Crippen LogP contribution in [0.1, 0.15) is 44.7 Å². The Morgan fingerprint density at radius 2 is 2.00 bits per heavy atom. The molecule has 1 N–H and O–H groups in total. The molecule has 0 unspecified atom stereocenters. The number of carbonyl (C=O) groups excluding carboxylic acids is 2. The minimum absolute atomic E-state index is 0.0866. The molecule has 0 radical (unpaired) electrons. The monoisotopic (exact) mass is 288 g/mol. The van der Waals surface area contributed by atoms with Crippen molar-refractivity contribution in [3.05, 3.63) is 29.3 Å². The molecule has 4 heteroatoms. The summed E-state index contributed by atoms with van der Waals surface area (Å²) in [6.45, 7) is 6.99. The number of rotatable bonds is 5. The van der Waals surface area contributed by atoms with Crippen molar-refractivity contribution in [2.45, 2.75) is 46.6 Å². The maximum Gasteiger partial charge on any atom is 0.223 e. The lowest BCUT2D eigenvalue weighted by Gasteiger charge is -2.15. The van der Waals surface area contributed by atoms with E-state index in [2.05, 4.69) is 11.4 Å². The molecule has 1 aliphatic rings. The first kappa shape index (κ1) is 15.5. The lowest BCUT2D eigenvalue weighted by molar-refractivity contribution is -0.125. The van der Waals surface area contributed by atoms with Crippen LogP contribution in [0.15, 0.2) is 18.2 Å².